The lowest BCUT2D eigenvalue weighted by atomic mass is 10.3. The number of nitrogens with one attached hydrogen (secondary N) is 2. The van der Waals surface area contributed by atoms with Gasteiger partial charge in [-0.25, -0.2) is 8.42 Å². The van der Waals surface area contributed by atoms with Crippen LogP contribution < -0.4 is 15.4 Å². The summed E-state index contributed by atoms with van der Waals surface area (Å²) in [5.41, 5.74) is 0.400. The lowest BCUT2D eigenvalue weighted by Gasteiger charge is -2.11. The molecule has 0 radical (unpaired) electrons. The Kier molecular flexibility index (Phi) is 6.61. The monoisotopic (exact) mass is 444 g/mol. The highest BCUT2D eigenvalue weighted by molar-refractivity contribution is 7.91. The third-order valence-corrected chi connectivity index (χ3v) is 5.92. The minimum absolute atomic E-state index is 0.0102. The number of benzene rings is 2. The van der Waals surface area contributed by atoms with Gasteiger partial charge in [-0.15, -0.1) is 0 Å². The zero-order valence-corrected chi connectivity index (χ0v) is 17.3. The van der Waals surface area contributed by atoms with Crippen molar-refractivity contribution in [1.82, 2.24) is 0 Å². The van der Waals surface area contributed by atoms with Crippen LogP contribution in [-0.2, 0) is 14.6 Å². The molecule has 162 valence electrons. The third-order valence-electron chi connectivity index (χ3n) is 4.19. The zero-order chi connectivity index (χ0) is 22.4. The number of carbonyl (C=O) groups excluding carboxylic acids is 2. The van der Waals surface area contributed by atoms with Crippen molar-refractivity contribution < 1.29 is 32.3 Å². The molecule has 0 spiro atoms. The summed E-state index contributed by atoms with van der Waals surface area (Å²) in [6.45, 7) is 1.10. The minimum atomic E-state index is -3.49. The molecule has 1 heterocycles. The molecule has 3 N–H and O–H groups in total. The molecule has 3 aromatic rings. The Labute approximate surface area is 178 Å². The summed E-state index contributed by atoms with van der Waals surface area (Å²) in [6, 6.07) is 13.2. The molecular formula is C21H20N2O7S. The van der Waals surface area contributed by atoms with Gasteiger partial charge in [-0.05, 0) is 42.5 Å². The molecule has 10 heteroatoms. The Bertz CT molecular complexity index is 1190. The number of furan rings is 1. The normalized spacial score (nSPS) is 11.0. The number of anilines is 2. The van der Waals surface area contributed by atoms with E-state index < -0.39 is 28.3 Å². The highest BCUT2D eigenvalue weighted by atomic mass is 32.2. The fourth-order valence-electron chi connectivity index (χ4n) is 2.57. The minimum Gasteiger partial charge on any atom is -0.506 e. The fourth-order valence-corrected chi connectivity index (χ4v) is 3.48. The molecule has 0 fully saturated rings. The zero-order valence-electron chi connectivity index (χ0n) is 16.5. The predicted octanol–water partition coefficient (Wildman–Crippen LogP) is 3.05. The van der Waals surface area contributed by atoms with E-state index in [0.29, 0.717) is 11.4 Å². The van der Waals surface area contributed by atoms with Crippen molar-refractivity contribution in [3.8, 4) is 11.5 Å². The molecule has 0 atom stereocenters. The molecule has 0 unspecified atom stereocenters. The summed E-state index contributed by atoms with van der Waals surface area (Å²) < 4.78 is 34.4. The molecule has 0 aliphatic heterocycles. The van der Waals surface area contributed by atoms with Crippen LogP contribution in [0.5, 0.6) is 11.5 Å². The molecule has 0 aliphatic rings. The molecule has 0 aliphatic carbocycles. The van der Waals surface area contributed by atoms with Gasteiger partial charge in [0.05, 0.1) is 22.6 Å². The van der Waals surface area contributed by atoms with Crippen LogP contribution in [0, 0.1) is 0 Å². The summed E-state index contributed by atoms with van der Waals surface area (Å²) in [5, 5.41) is 15.0. The van der Waals surface area contributed by atoms with Gasteiger partial charge in [0.2, 0.25) is 0 Å². The average molecular weight is 444 g/mol. The lowest BCUT2D eigenvalue weighted by molar-refractivity contribution is -0.118. The van der Waals surface area contributed by atoms with Crippen molar-refractivity contribution in [3.63, 3.8) is 0 Å². The highest BCUT2D eigenvalue weighted by Gasteiger charge is 2.16. The van der Waals surface area contributed by atoms with E-state index in [9.17, 15) is 23.1 Å². The number of rotatable bonds is 8. The van der Waals surface area contributed by atoms with Crippen LogP contribution in [0.25, 0.3) is 0 Å². The van der Waals surface area contributed by atoms with E-state index in [2.05, 4.69) is 10.6 Å². The van der Waals surface area contributed by atoms with Crippen LogP contribution in [0.1, 0.15) is 17.5 Å². The van der Waals surface area contributed by atoms with Crippen molar-refractivity contribution >= 4 is 33.0 Å². The van der Waals surface area contributed by atoms with Crippen molar-refractivity contribution in [3.05, 3.63) is 66.6 Å². The first-order valence-corrected chi connectivity index (χ1v) is 10.9. The van der Waals surface area contributed by atoms with Crippen molar-refractivity contribution in [2.75, 3.05) is 23.0 Å². The number of carbonyl (C=O) groups is 2. The molecule has 0 bridgehead atoms. The molecule has 1 aromatic heterocycles. The molecule has 0 saturated carbocycles. The first kappa shape index (κ1) is 21.9. The number of amides is 2. The van der Waals surface area contributed by atoms with E-state index in [1.807, 2.05) is 0 Å². The molecule has 2 aromatic carbocycles. The number of sulfone groups is 1. The Balaban J connectivity index is 1.61. The maximum atomic E-state index is 12.2. The second-order valence-electron chi connectivity index (χ2n) is 6.38. The highest BCUT2D eigenvalue weighted by Crippen LogP contribution is 2.27. The van der Waals surface area contributed by atoms with Gasteiger partial charge >= 0.3 is 0 Å². The van der Waals surface area contributed by atoms with Crippen molar-refractivity contribution in [2.24, 2.45) is 0 Å². The van der Waals surface area contributed by atoms with Crippen molar-refractivity contribution in [2.45, 2.75) is 11.8 Å². The van der Waals surface area contributed by atoms with Crippen LogP contribution >= 0.6 is 0 Å². The number of aromatic hydroxyl groups is 1. The molecular weight excluding hydrogens is 424 g/mol. The summed E-state index contributed by atoms with van der Waals surface area (Å²) in [6.07, 6.45) is 1.39. The number of hydrogen-bond donors (Lipinski definition) is 3. The second-order valence-corrected chi connectivity index (χ2v) is 8.66. The Morgan fingerprint density at radius 1 is 1.06 bits per heavy atom. The maximum Gasteiger partial charge on any atom is 0.291 e. The van der Waals surface area contributed by atoms with E-state index in [-0.39, 0.29) is 27.8 Å². The summed E-state index contributed by atoms with van der Waals surface area (Å²) in [5.74, 6) is -0.951. The predicted molar refractivity (Wildman–Crippen MR) is 113 cm³/mol. The van der Waals surface area contributed by atoms with E-state index in [4.69, 9.17) is 9.15 Å². The van der Waals surface area contributed by atoms with Gasteiger partial charge in [0.25, 0.3) is 11.8 Å². The maximum absolute atomic E-state index is 12.2. The number of phenolic OH excluding ortho intramolecular Hbond substituents is 1. The summed E-state index contributed by atoms with van der Waals surface area (Å²) in [7, 11) is -3.49. The fraction of sp³-hybridized carbons (Fsp3) is 0.143. The van der Waals surface area contributed by atoms with Crippen LogP contribution in [0.4, 0.5) is 11.4 Å². The standard InChI is InChI=1S/C21H20N2O7S/c1-2-31(27,28)16-8-9-18(24)17(12-16)23-20(25)13-30-15-6-3-5-14(11-15)22-21(26)19-7-4-10-29-19/h3-12,24H,2,13H2,1H3,(H,22,26)(H,23,25). The summed E-state index contributed by atoms with van der Waals surface area (Å²) >= 11 is 0. The number of phenols is 1. The van der Waals surface area contributed by atoms with Gasteiger partial charge in [-0.1, -0.05) is 13.0 Å². The first-order valence-electron chi connectivity index (χ1n) is 9.22. The first-order chi connectivity index (χ1) is 14.8. The van der Waals surface area contributed by atoms with Crippen LogP contribution in [0.2, 0.25) is 0 Å². The molecule has 31 heavy (non-hydrogen) atoms. The van der Waals surface area contributed by atoms with Gasteiger partial charge in [-0.2, -0.15) is 0 Å². The van der Waals surface area contributed by atoms with Gasteiger partial charge in [0, 0.05) is 11.8 Å². The average Bonchev–Trinajstić information content (AvgIpc) is 3.29. The Morgan fingerprint density at radius 2 is 1.87 bits per heavy atom. The van der Waals surface area contributed by atoms with Crippen LogP contribution in [-0.4, -0.2) is 37.7 Å². The Morgan fingerprint density at radius 3 is 2.58 bits per heavy atom. The third kappa shape index (κ3) is 5.64. The summed E-state index contributed by atoms with van der Waals surface area (Å²) in [4.78, 5) is 24.2. The van der Waals surface area contributed by atoms with Gasteiger partial charge in [0.15, 0.2) is 22.2 Å². The van der Waals surface area contributed by atoms with E-state index >= 15 is 0 Å². The topological polar surface area (TPSA) is 135 Å². The SMILES string of the molecule is CCS(=O)(=O)c1ccc(O)c(NC(=O)COc2cccc(NC(=O)c3ccco3)c2)c1. The second kappa shape index (κ2) is 9.35. The molecule has 3 rings (SSSR count). The van der Waals surface area contributed by atoms with Gasteiger partial charge in [0.1, 0.15) is 11.5 Å². The van der Waals surface area contributed by atoms with Gasteiger partial charge in [-0.3, -0.25) is 9.59 Å². The quantitative estimate of drug-likeness (QED) is 0.455. The lowest BCUT2D eigenvalue weighted by Crippen LogP contribution is -2.20. The van der Waals surface area contributed by atoms with E-state index in [0.717, 1.165) is 0 Å². The van der Waals surface area contributed by atoms with Gasteiger partial charge < -0.3 is 24.9 Å². The molecule has 2 amide bonds. The Hall–Kier alpha value is -3.79. The largest absolute Gasteiger partial charge is 0.506 e. The van der Waals surface area contributed by atoms with E-state index in [1.165, 1.54) is 43.5 Å². The smallest absolute Gasteiger partial charge is 0.291 e. The van der Waals surface area contributed by atoms with E-state index in [1.54, 1.807) is 24.3 Å². The van der Waals surface area contributed by atoms with Crippen LogP contribution in [0.3, 0.4) is 0 Å². The molecule has 9 nitrogen and oxygen atoms in total. The molecule has 0 saturated heterocycles. The number of ether oxygens (including phenoxy) is 1. The van der Waals surface area contributed by atoms with Crippen molar-refractivity contribution in [1.29, 1.82) is 0 Å². The van der Waals surface area contributed by atoms with Crippen LogP contribution in [0.15, 0.2) is 70.2 Å². The number of hydrogen-bond acceptors (Lipinski definition) is 7.